The summed E-state index contributed by atoms with van der Waals surface area (Å²) in [6.45, 7) is 4.42. The summed E-state index contributed by atoms with van der Waals surface area (Å²) < 4.78 is 0. The Hall–Kier alpha value is -1.91. The van der Waals surface area contributed by atoms with E-state index in [9.17, 15) is 4.79 Å². The van der Waals surface area contributed by atoms with Gasteiger partial charge in [-0.15, -0.1) is 12.4 Å². The van der Waals surface area contributed by atoms with Gasteiger partial charge in [0.05, 0.1) is 12.5 Å². The topological polar surface area (TPSA) is 45.2 Å². The smallest absolute Gasteiger partial charge is 0.227 e. The minimum Gasteiger partial charge on any atom is -0.333 e. The molecular weight excluding hydrogens is 310 g/mol. The Balaban J connectivity index is 0.00000192. The van der Waals surface area contributed by atoms with Gasteiger partial charge in [0.25, 0.3) is 0 Å². The zero-order valence-electron chi connectivity index (χ0n) is 13.2. The Morgan fingerprint density at radius 1 is 1.30 bits per heavy atom. The van der Waals surface area contributed by atoms with E-state index >= 15 is 0 Å². The van der Waals surface area contributed by atoms with E-state index in [0.717, 1.165) is 30.8 Å². The van der Waals surface area contributed by atoms with E-state index in [1.54, 1.807) is 6.20 Å². The van der Waals surface area contributed by atoms with Gasteiger partial charge in [-0.2, -0.15) is 0 Å². The Labute approximate surface area is 143 Å². The molecule has 1 amide bonds. The Morgan fingerprint density at radius 3 is 2.87 bits per heavy atom. The minimum atomic E-state index is 0. The summed E-state index contributed by atoms with van der Waals surface area (Å²) in [4.78, 5) is 19.0. The molecule has 2 aromatic rings. The van der Waals surface area contributed by atoms with E-state index < -0.39 is 0 Å². The number of hydrogen-bond donors (Lipinski definition) is 1. The van der Waals surface area contributed by atoms with Crippen molar-refractivity contribution in [3.05, 3.63) is 65.5 Å². The van der Waals surface area contributed by atoms with Gasteiger partial charge >= 0.3 is 0 Å². The number of benzene rings is 1. The number of piperazine rings is 1. The third-order valence-electron chi connectivity index (χ3n) is 4.24. The van der Waals surface area contributed by atoms with Gasteiger partial charge in [0.15, 0.2) is 0 Å². The molecule has 1 fully saturated rings. The molecule has 122 valence electrons. The number of amides is 1. The van der Waals surface area contributed by atoms with Crippen LogP contribution in [-0.2, 0) is 11.2 Å². The van der Waals surface area contributed by atoms with Gasteiger partial charge in [-0.1, -0.05) is 30.3 Å². The van der Waals surface area contributed by atoms with Crippen molar-refractivity contribution in [3.8, 4) is 0 Å². The van der Waals surface area contributed by atoms with Gasteiger partial charge in [0.2, 0.25) is 5.91 Å². The summed E-state index contributed by atoms with van der Waals surface area (Å²) in [7, 11) is 0. The van der Waals surface area contributed by atoms with Gasteiger partial charge in [-0.3, -0.25) is 9.78 Å². The van der Waals surface area contributed by atoms with Gasteiger partial charge in [0.1, 0.15) is 0 Å². The predicted molar refractivity (Wildman–Crippen MR) is 93.7 cm³/mol. The van der Waals surface area contributed by atoms with Crippen LogP contribution in [0.25, 0.3) is 0 Å². The first-order valence-electron chi connectivity index (χ1n) is 7.70. The molecule has 1 aliphatic heterocycles. The van der Waals surface area contributed by atoms with E-state index in [4.69, 9.17) is 0 Å². The van der Waals surface area contributed by atoms with Crippen molar-refractivity contribution in [3.63, 3.8) is 0 Å². The van der Waals surface area contributed by atoms with Crippen LogP contribution in [0.2, 0.25) is 0 Å². The number of aromatic nitrogens is 1. The number of aryl methyl sites for hydroxylation is 1. The van der Waals surface area contributed by atoms with Crippen molar-refractivity contribution < 1.29 is 4.79 Å². The molecule has 0 saturated carbocycles. The van der Waals surface area contributed by atoms with Crippen LogP contribution < -0.4 is 5.32 Å². The SMILES string of the molecule is Cc1ccccc1CC(=O)N1CCNCC1c1cccnc1.Cl. The molecule has 4 nitrogen and oxygen atoms in total. The van der Waals surface area contributed by atoms with Crippen LogP contribution in [0.1, 0.15) is 22.7 Å². The summed E-state index contributed by atoms with van der Waals surface area (Å²) in [5.74, 6) is 0.185. The zero-order chi connectivity index (χ0) is 15.4. The second-order valence-electron chi connectivity index (χ2n) is 5.70. The number of pyridine rings is 1. The maximum absolute atomic E-state index is 12.8. The molecule has 1 saturated heterocycles. The number of carbonyl (C=O) groups is 1. The number of hydrogen-bond acceptors (Lipinski definition) is 3. The molecule has 0 spiro atoms. The molecule has 2 heterocycles. The van der Waals surface area contributed by atoms with Gasteiger partial charge in [-0.05, 0) is 29.7 Å². The molecule has 1 atom stereocenters. The van der Waals surface area contributed by atoms with Crippen LogP contribution in [0.3, 0.4) is 0 Å². The highest BCUT2D eigenvalue weighted by molar-refractivity contribution is 5.85. The van der Waals surface area contributed by atoms with Gasteiger partial charge in [-0.25, -0.2) is 0 Å². The maximum Gasteiger partial charge on any atom is 0.227 e. The lowest BCUT2D eigenvalue weighted by molar-refractivity contribution is -0.133. The van der Waals surface area contributed by atoms with Gasteiger partial charge in [0, 0.05) is 32.0 Å². The number of halogens is 1. The molecule has 0 aliphatic carbocycles. The standard InChI is InChI=1S/C18H21N3O.ClH/c1-14-5-2-3-6-15(14)11-18(22)21-10-9-20-13-17(21)16-7-4-8-19-12-16;/h2-8,12,17,20H,9-11,13H2,1H3;1H. The van der Waals surface area contributed by atoms with Crippen molar-refractivity contribution in [2.75, 3.05) is 19.6 Å². The molecule has 1 aromatic heterocycles. The summed E-state index contributed by atoms with van der Waals surface area (Å²) in [6.07, 6.45) is 4.08. The van der Waals surface area contributed by atoms with Crippen LogP contribution >= 0.6 is 12.4 Å². The van der Waals surface area contributed by atoms with E-state index in [0.29, 0.717) is 6.42 Å². The van der Waals surface area contributed by atoms with E-state index in [-0.39, 0.29) is 24.4 Å². The largest absolute Gasteiger partial charge is 0.333 e. The lowest BCUT2D eigenvalue weighted by atomic mass is 10.0. The lowest BCUT2D eigenvalue weighted by Gasteiger charge is -2.36. The fraction of sp³-hybridized carbons (Fsp3) is 0.333. The quantitative estimate of drug-likeness (QED) is 0.940. The second-order valence-corrected chi connectivity index (χ2v) is 5.70. The first kappa shape index (κ1) is 17.4. The predicted octanol–water partition coefficient (Wildman–Crippen LogP) is 2.53. The van der Waals surface area contributed by atoms with Crippen LogP contribution in [0.5, 0.6) is 0 Å². The van der Waals surface area contributed by atoms with E-state index in [1.165, 1.54) is 5.56 Å². The molecule has 1 aliphatic rings. The van der Waals surface area contributed by atoms with E-state index in [2.05, 4.69) is 23.3 Å². The van der Waals surface area contributed by atoms with E-state index in [1.807, 2.05) is 41.4 Å². The first-order chi connectivity index (χ1) is 10.8. The molecule has 1 unspecified atom stereocenters. The fourth-order valence-electron chi connectivity index (χ4n) is 2.95. The first-order valence-corrected chi connectivity index (χ1v) is 7.70. The fourth-order valence-corrected chi connectivity index (χ4v) is 2.95. The Morgan fingerprint density at radius 2 is 2.13 bits per heavy atom. The molecule has 3 rings (SSSR count). The Kier molecular flexibility index (Phi) is 6.13. The van der Waals surface area contributed by atoms with Crippen LogP contribution in [0.4, 0.5) is 0 Å². The van der Waals surface area contributed by atoms with Crippen molar-refractivity contribution >= 4 is 18.3 Å². The van der Waals surface area contributed by atoms with Crippen LogP contribution in [0.15, 0.2) is 48.8 Å². The summed E-state index contributed by atoms with van der Waals surface area (Å²) >= 11 is 0. The number of rotatable bonds is 3. The van der Waals surface area contributed by atoms with Crippen molar-refractivity contribution in [1.82, 2.24) is 15.2 Å². The third-order valence-corrected chi connectivity index (χ3v) is 4.24. The summed E-state index contributed by atoms with van der Waals surface area (Å²) in [5, 5.41) is 3.37. The van der Waals surface area contributed by atoms with Gasteiger partial charge < -0.3 is 10.2 Å². The molecule has 23 heavy (non-hydrogen) atoms. The minimum absolute atomic E-state index is 0. The van der Waals surface area contributed by atoms with Crippen LogP contribution in [-0.4, -0.2) is 35.4 Å². The second kappa shape index (κ2) is 8.09. The average Bonchev–Trinajstić information content (AvgIpc) is 2.58. The third kappa shape index (κ3) is 4.09. The summed E-state index contributed by atoms with van der Waals surface area (Å²) in [6, 6.07) is 12.1. The highest BCUT2D eigenvalue weighted by Crippen LogP contribution is 2.22. The molecule has 1 aromatic carbocycles. The molecule has 1 N–H and O–H groups in total. The van der Waals surface area contributed by atoms with Crippen molar-refractivity contribution in [1.29, 1.82) is 0 Å². The normalized spacial score (nSPS) is 17.4. The highest BCUT2D eigenvalue weighted by atomic mass is 35.5. The molecule has 5 heteroatoms. The lowest BCUT2D eigenvalue weighted by Crippen LogP contribution is -2.49. The molecule has 0 radical (unpaired) electrons. The van der Waals surface area contributed by atoms with Crippen LogP contribution in [0, 0.1) is 6.92 Å². The average molecular weight is 332 g/mol. The van der Waals surface area contributed by atoms with Crippen molar-refractivity contribution in [2.45, 2.75) is 19.4 Å². The molecular formula is C18H22ClN3O. The Bertz CT molecular complexity index is 648. The number of nitrogens with one attached hydrogen (secondary N) is 1. The summed E-state index contributed by atoms with van der Waals surface area (Å²) in [5.41, 5.74) is 3.37. The number of carbonyl (C=O) groups excluding carboxylic acids is 1. The monoisotopic (exact) mass is 331 g/mol. The zero-order valence-corrected chi connectivity index (χ0v) is 14.1. The molecule has 0 bridgehead atoms. The number of nitrogens with zero attached hydrogens (tertiary/aromatic N) is 2. The highest BCUT2D eigenvalue weighted by Gasteiger charge is 2.27. The van der Waals surface area contributed by atoms with Crippen molar-refractivity contribution in [2.24, 2.45) is 0 Å². The maximum atomic E-state index is 12.8.